The molecule has 2 heterocycles. The van der Waals surface area contributed by atoms with Gasteiger partial charge in [0.25, 0.3) is 5.95 Å². The number of ether oxygens (including phenoxy) is 2. The van der Waals surface area contributed by atoms with Gasteiger partial charge in [-0.05, 0) is 0 Å². The molecule has 2 aromatic heterocycles. The van der Waals surface area contributed by atoms with Crippen molar-refractivity contribution < 1.29 is 9.47 Å². The molecule has 0 aromatic carbocycles. The zero-order valence-corrected chi connectivity index (χ0v) is 11.2. The number of nitrogens with two attached hydrogens (primary N) is 1. The summed E-state index contributed by atoms with van der Waals surface area (Å²) in [6.45, 7) is 0.935. The van der Waals surface area contributed by atoms with E-state index in [-0.39, 0.29) is 12.1 Å². The lowest BCUT2D eigenvalue weighted by Crippen LogP contribution is -2.27. The molecule has 0 amide bonds. The lowest BCUT2D eigenvalue weighted by atomic mass is 10.4. The Morgan fingerprint density at radius 3 is 2.85 bits per heavy atom. The highest BCUT2D eigenvalue weighted by molar-refractivity contribution is 5.34. The van der Waals surface area contributed by atoms with E-state index in [0.29, 0.717) is 25.0 Å². The van der Waals surface area contributed by atoms with Crippen molar-refractivity contribution in [1.82, 2.24) is 29.7 Å². The van der Waals surface area contributed by atoms with Crippen LogP contribution < -0.4 is 11.1 Å². The van der Waals surface area contributed by atoms with Crippen molar-refractivity contribution in [2.45, 2.75) is 6.10 Å². The fraction of sp³-hybridized carbons (Fsp3) is 0.500. The molecule has 10 heteroatoms. The van der Waals surface area contributed by atoms with E-state index < -0.39 is 0 Å². The molecule has 108 valence electrons. The normalized spacial score (nSPS) is 12.3. The van der Waals surface area contributed by atoms with Crippen molar-refractivity contribution in [3.63, 3.8) is 0 Å². The second-order valence-electron chi connectivity index (χ2n) is 3.85. The Kier molecular flexibility index (Phi) is 4.74. The number of methoxy groups -OCH3 is 2. The number of nitrogens with one attached hydrogen (secondary N) is 1. The van der Waals surface area contributed by atoms with Gasteiger partial charge >= 0.3 is 0 Å². The monoisotopic (exact) mass is 280 g/mol. The quantitative estimate of drug-likeness (QED) is 0.663. The summed E-state index contributed by atoms with van der Waals surface area (Å²) in [6.07, 6.45) is 2.74. The maximum absolute atomic E-state index is 5.64. The van der Waals surface area contributed by atoms with Gasteiger partial charge in [0.15, 0.2) is 0 Å². The summed E-state index contributed by atoms with van der Waals surface area (Å²) in [4.78, 5) is 16.0. The first-order valence-electron chi connectivity index (χ1n) is 5.85. The molecule has 3 N–H and O–H groups in total. The number of nitrogen functional groups attached to an aromatic ring is 1. The molecule has 0 bridgehead atoms. The number of hydrogen-bond acceptors (Lipinski definition) is 9. The van der Waals surface area contributed by atoms with Crippen molar-refractivity contribution in [1.29, 1.82) is 0 Å². The minimum absolute atomic E-state index is 0.0914. The summed E-state index contributed by atoms with van der Waals surface area (Å²) < 4.78 is 11.6. The van der Waals surface area contributed by atoms with E-state index in [1.54, 1.807) is 14.2 Å². The molecule has 0 saturated heterocycles. The molecule has 2 aromatic rings. The molecule has 0 fully saturated rings. The van der Waals surface area contributed by atoms with Gasteiger partial charge in [0, 0.05) is 20.8 Å². The SMILES string of the molecule is COCC(CNc1nc(N)nc(-n2cncn2)n1)OC. The molecule has 2 rings (SSSR count). The maximum atomic E-state index is 5.64. The summed E-state index contributed by atoms with van der Waals surface area (Å²) in [6, 6.07) is 0. The third kappa shape index (κ3) is 3.59. The average molecular weight is 280 g/mol. The van der Waals surface area contributed by atoms with Crippen LogP contribution in [0.1, 0.15) is 0 Å². The van der Waals surface area contributed by atoms with Crippen LogP contribution in [0.25, 0.3) is 5.95 Å². The number of aromatic nitrogens is 6. The summed E-state index contributed by atoms with van der Waals surface area (Å²) in [5.41, 5.74) is 5.64. The Bertz CT molecular complexity index is 532. The summed E-state index contributed by atoms with van der Waals surface area (Å²) >= 11 is 0. The smallest absolute Gasteiger partial charge is 0.258 e. The largest absolute Gasteiger partial charge is 0.382 e. The summed E-state index contributed by atoms with van der Waals surface area (Å²) in [7, 11) is 3.21. The second kappa shape index (κ2) is 6.73. The lowest BCUT2D eigenvalue weighted by Gasteiger charge is -2.15. The molecule has 10 nitrogen and oxygen atoms in total. The molecule has 0 saturated carbocycles. The minimum Gasteiger partial charge on any atom is -0.382 e. The number of anilines is 2. The Morgan fingerprint density at radius 2 is 2.20 bits per heavy atom. The van der Waals surface area contributed by atoms with Crippen LogP contribution in [0.5, 0.6) is 0 Å². The molecule has 0 aliphatic heterocycles. The Balaban J connectivity index is 2.08. The van der Waals surface area contributed by atoms with E-state index >= 15 is 0 Å². The maximum Gasteiger partial charge on any atom is 0.258 e. The molecular weight excluding hydrogens is 264 g/mol. The molecule has 20 heavy (non-hydrogen) atoms. The van der Waals surface area contributed by atoms with Gasteiger partial charge in [-0.25, -0.2) is 4.98 Å². The molecular formula is C10H16N8O2. The van der Waals surface area contributed by atoms with Crippen LogP contribution in [-0.2, 0) is 9.47 Å². The van der Waals surface area contributed by atoms with Crippen LogP contribution in [0.15, 0.2) is 12.7 Å². The van der Waals surface area contributed by atoms with E-state index in [1.165, 1.54) is 17.3 Å². The van der Waals surface area contributed by atoms with Gasteiger partial charge in [-0.2, -0.15) is 24.7 Å². The van der Waals surface area contributed by atoms with Crippen LogP contribution in [0.4, 0.5) is 11.9 Å². The van der Waals surface area contributed by atoms with Crippen LogP contribution in [0, 0.1) is 0 Å². The van der Waals surface area contributed by atoms with Gasteiger partial charge < -0.3 is 20.5 Å². The lowest BCUT2D eigenvalue weighted by molar-refractivity contribution is 0.0365. The molecule has 0 aliphatic rings. The van der Waals surface area contributed by atoms with E-state index in [2.05, 4.69) is 30.4 Å². The van der Waals surface area contributed by atoms with Crippen molar-refractivity contribution >= 4 is 11.9 Å². The van der Waals surface area contributed by atoms with Crippen molar-refractivity contribution in [2.24, 2.45) is 0 Å². The highest BCUT2D eigenvalue weighted by Gasteiger charge is 2.10. The van der Waals surface area contributed by atoms with Gasteiger partial charge in [-0.3, -0.25) is 0 Å². The zero-order valence-electron chi connectivity index (χ0n) is 11.2. The highest BCUT2D eigenvalue weighted by atomic mass is 16.5. The van der Waals surface area contributed by atoms with Crippen LogP contribution >= 0.6 is 0 Å². The fourth-order valence-corrected chi connectivity index (χ4v) is 1.48. The standard InChI is InChI=1S/C10H16N8O2/c1-19-4-7(20-2)3-13-9-15-8(11)16-10(17-9)18-6-12-5-14-18/h5-7H,3-4H2,1-2H3,(H3,11,13,15,16,17). The van der Waals surface area contributed by atoms with Crippen molar-refractivity contribution in [2.75, 3.05) is 38.4 Å². The van der Waals surface area contributed by atoms with Crippen molar-refractivity contribution in [3.8, 4) is 5.95 Å². The van der Waals surface area contributed by atoms with E-state index in [0.717, 1.165) is 0 Å². The van der Waals surface area contributed by atoms with Gasteiger partial charge in [-0.15, -0.1) is 0 Å². The molecule has 0 radical (unpaired) electrons. The zero-order chi connectivity index (χ0) is 14.4. The van der Waals surface area contributed by atoms with E-state index in [1.807, 2.05) is 0 Å². The molecule has 1 atom stereocenters. The Morgan fingerprint density at radius 1 is 1.35 bits per heavy atom. The van der Waals surface area contributed by atoms with Crippen LogP contribution in [-0.4, -0.2) is 63.2 Å². The Labute approximate surface area is 115 Å². The molecule has 0 spiro atoms. The topological polar surface area (TPSA) is 126 Å². The first-order chi connectivity index (χ1) is 9.72. The predicted octanol–water partition coefficient (Wildman–Crippen LogP) is -0.892. The predicted molar refractivity (Wildman–Crippen MR) is 70.3 cm³/mol. The number of hydrogen-bond donors (Lipinski definition) is 2. The van der Waals surface area contributed by atoms with Gasteiger partial charge in [-0.1, -0.05) is 0 Å². The first kappa shape index (κ1) is 14.1. The van der Waals surface area contributed by atoms with Gasteiger partial charge in [0.1, 0.15) is 12.7 Å². The van der Waals surface area contributed by atoms with Gasteiger partial charge in [0.2, 0.25) is 11.9 Å². The van der Waals surface area contributed by atoms with E-state index in [4.69, 9.17) is 15.2 Å². The number of nitrogens with zero attached hydrogens (tertiary/aromatic N) is 6. The second-order valence-corrected chi connectivity index (χ2v) is 3.85. The van der Waals surface area contributed by atoms with Crippen molar-refractivity contribution in [3.05, 3.63) is 12.7 Å². The minimum atomic E-state index is -0.118. The average Bonchev–Trinajstić information content (AvgIpc) is 2.97. The summed E-state index contributed by atoms with van der Waals surface area (Å²) in [5, 5.41) is 6.95. The highest BCUT2D eigenvalue weighted by Crippen LogP contribution is 2.06. The summed E-state index contributed by atoms with van der Waals surface area (Å²) in [5.74, 6) is 0.716. The third-order valence-electron chi connectivity index (χ3n) is 2.44. The molecule has 1 unspecified atom stereocenters. The van der Waals surface area contributed by atoms with Gasteiger partial charge in [0.05, 0.1) is 12.7 Å². The Hall–Kier alpha value is -2.33. The van der Waals surface area contributed by atoms with Crippen LogP contribution in [0.2, 0.25) is 0 Å². The molecule has 0 aliphatic carbocycles. The first-order valence-corrected chi connectivity index (χ1v) is 5.85. The van der Waals surface area contributed by atoms with E-state index in [9.17, 15) is 0 Å². The number of rotatable bonds is 7. The van der Waals surface area contributed by atoms with Crippen LogP contribution in [0.3, 0.4) is 0 Å². The third-order valence-corrected chi connectivity index (χ3v) is 2.44. The fourth-order valence-electron chi connectivity index (χ4n) is 1.48.